The van der Waals surface area contributed by atoms with Crippen LogP contribution in [0.5, 0.6) is 0 Å². The fraction of sp³-hybridized carbons (Fsp3) is 0.385. The van der Waals surface area contributed by atoms with Crippen LogP contribution >= 0.6 is 0 Å². The van der Waals surface area contributed by atoms with Crippen LogP contribution < -0.4 is 0 Å². The maximum atomic E-state index is 3.83. The summed E-state index contributed by atoms with van der Waals surface area (Å²) in [6.07, 6.45) is 13.0. The summed E-state index contributed by atoms with van der Waals surface area (Å²) < 4.78 is 0. The highest BCUT2D eigenvalue weighted by molar-refractivity contribution is 5.33. The van der Waals surface area contributed by atoms with Crippen molar-refractivity contribution in [3.8, 4) is 0 Å². The third-order valence-electron chi connectivity index (χ3n) is 2.45. The monoisotopic (exact) mass is 189 g/mol. The first kappa shape index (κ1) is 10.8. The SMILES string of the molecule is C=CN(CC)C1=C/C=C\CCC=C1C. The zero-order valence-corrected chi connectivity index (χ0v) is 9.16. The summed E-state index contributed by atoms with van der Waals surface area (Å²) in [5, 5.41) is 0. The minimum Gasteiger partial charge on any atom is -0.349 e. The molecule has 14 heavy (non-hydrogen) atoms. The summed E-state index contributed by atoms with van der Waals surface area (Å²) in [5.41, 5.74) is 2.61. The van der Waals surface area contributed by atoms with Gasteiger partial charge in [0, 0.05) is 12.2 Å². The molecule has 1 aliphatic carbocycles. The van der Waals surface area contributed by atoms with E-state index in [0.29, 0.717) is 0 Å². The van der Waals surface area contributed by atoms with E-state index in [2.05, 4.69) is 49.6 Å². The largest absolute Gasteiger partial charge is 0.349 e. The summed E-state index contributed by atoms with van der Waals surface area (Å²) in [4.78, 5) is 2.17. The van der Waals surface area contributed by atoms with Crippen LogP contribution in [0.15, 0.2) is 48.4 Å². The van der Waals surface area contributed by atoms with Gasteiger partial charge in [-0.05, 0) is 44.5 Å². The lowest BCUT2D eigenvalue weighted by molar-refractivity contribution is 0.500. The van der Waals surface area contributed by atoms with E-state index in [1.165, 1.54) is 11.3 Å². The molecule has 0 saturated carbocycles. The first-order valence-electron chi connectivity index (χ1n) is 5.22. The van der Waals surface area contributed by atoms with Crippen molar-refractivity contribution in [2.75, 3.05) is 6.54 Å². The van der Waals surface area contributed by atoms with Crippen molar-refractivity contribution in [1.82, 2.24) is 4.90 Å². The second-order valence-electron chi connectivity index (χ2n) is 3.41. The Hall–Kier alpha value is -1.24. The first-order valence-corrected chi connectivity index (χ1v) is 5.22. The average molecular weight is 189 g/mol. The smallest absolute Gasteiger partial charge is 0.0432 e. The zero-order valence-electron chi connectivity index (χ0n) is 9.16. The Labute approximate surface area is 87.1 Å². The Balaban J connectivity index is 2.95. The fourth-order valence-corrected chi connectivity index (χ4v) is 1.61. The van der Waals surface area contributed by atoms with Gasteiger partial charge in [-0.25, -0.2) is 0 Å². The Morgan fingerprint density at radius 2 is 2.29 bits per heavy atom. The standard InChI is InChI=1S/C13H19N/c1-4-14(5-2)13-11-9-7-6-8-10-12(13)3/h4,7,9-11H,1,5-6,8H2,2-3H3/b9-7-,12-10?,13-11?. The van der Waals surface area contributed by atoms with E-state index in [9.17, 15) is 0 Å². The number of rotatable bonds is 3. The van der Waals surface area contributed by atoms with Crippen molar-refractivity contribution < 1.29 is 0 Å². The van der Waals surface area contributed by atoms with Crippen LogP contribution in [0.3, 0.4) is 0 Å². The van der Waals surface area contributed by atoms with Crippen molar-refractivity contribution in [2.45, 2.75) is 26.7 Å². The predicted molar refractivity (Wildman–Crippen MR) is 62.8 cm³/mol. The lowest BCUT2D eigenvalue weighted by atomic mass is 10.1. The minimum atomic E-state index is 0.967. The molecular weight excluding hydrogens is 170 g/mol. The minimum absolute atomic E-state index is 0.967. The quantitative estimate of drug-likeness (QED) is 0.655. The highest BCUT2D eigenvalue weighted by Crippen LogP contribution is 2.18. The molecule has 0 aliphatic heterocycles. The summed E-state index contributed by atoms with van der Waals surface area (Å²) in [5.74, 6) is 0. The van der Waals surface area contributed by atoms with Gasteiger partial charge in [0.15, 0.2) is 0 Å². The molecule has 0 bridgehead atoms. The molecule has 0 saturated heterocycles. The van der Waals surface area contributed by atoms with E-state index in [1.807, 2.05) is 6.20 Å². The molecule has 0 spiro atoms. The third-order valence-corrected chi connectivity index (χ3v) is 2.45. The van der Waals surface area contributed by atoms with Crippen molar-refractivity contribution in [3.63, 3.8) is 0 Å². The summed E-state index contributed by atoms with van der Waals surface area (Å²) in [7, 11) is 0. The van der Waals surface area contributed by atoms with Gasteiger partial charge in [-0.1, -0.05) is 24.8 Å². The second-order valence-corrected chi connectivity index (χ2v) is 3.41. The maximum Gasteiger partial charge on any atom is 0.0432 e. The maximum absolute atomic E-state index is 3.83. The molecular formula is C13H19N. The average Bonchev–Trinajstić information content (AvgIpc) is 2.18. The summed E-state index contributed by atoms with van der Waals surface area (Å²) in [6.45, 7) is 9.10. The number of hydrogen-bond acceptors (Lipinski definition) is 1. The second kappa shape index (κ2) is 5.48. The number of hydrogen-bond donors (Lipinski definition) is 0. The molecule has 0 heterocycles. The Bertz CT molecular complexity index is 282. The fourth-order valence-electron chi connectivity index (χ4n) is 1.61. The molecule has 0 fully saturated rings. The molecule has 0 aromatic heterocycles. The summed E-state index contributed by atoms with van der Waals surface area (Å²) in [6, 6.07) is 0. The van der Waals surface area contributed by atoms with Gasteiger partial charge in [0.2, 0.25) is 0 Å². The first-order chi connectivity index (χ1) is 6.79. The molecule has 1 heteroatoms. The normalized spacial score (nSPS) is 18.7. The van der Waals surface area contributed by atoms with Gasteiger partial charge >= 0.3 is 0 Å². The number of nitrogens with zero attached hydrogens (tertiary/aromatic N) is 1. The van der Waals surface area contributed by atoms with Gasteiger partial charge in [0.05, 0.1) is 0 Å². The van der Waals surface area contributed by atoms with Crippen molar-refractivity contribution in [1.29, 1.82) is 0 Å². The molecule has 0 radical (unpaired) electrons. The van der Waals surface area contributed by atoms with Gasteiger partial charge in [0.1, 0.15) is 0 Å². The van der Waals surface area contributed by atoms with E-state index in [4.69, 9.17) is 0 Å². The van der Waals surface area contributed by atoms with Gasteiger partial charge in [0.25, 0.3) is 0 Å². The van der Waals surface area contributed by atoms with Crippen LogP contribution in [-0.2, 0) is 0 Å². The molecule has 0 atom stereocenters. The van der Waals surface area contributed by atoms with Gasteiger partial charge in [-0.3, -0.25) is 0 Å². The lowest BCUT2D eigenvalue weighted by Crippen LogP contribution is -2.16. The van der Waals surface area contributed by atoms with Crippen LogP contribution in [0.1, 0.15) is 26.7 Å². The Morgan fingerprint density at radius 1 is 1.50 bits per heavy atom. The van der Waals surface area contributed by atoms with E-state index in [-0.39, 0.29) is 0 Å². The highest BCUT2D eigenvalue weighted by Gasteiger charge is 2.05. The predicted octanol–water partition coefficient (Wildman–Crippen LogP) is 3.63. The van der Waals surface area contributed by atoms with Gasteiger partial charge in [-0.2, -0.15) is 0 Å². The van der Waals surface area contributed by atoms with Crippen LogP contribution in [0.2, 0.25) is 0 Å². The lowest BCUT2D eigenvalue weighted by Gasteiger charge is -2.22. The molecule has 76 valence electrons. The zero-order chi connectivity index (χ0) is 10.4. The summed E-state index contributed by atoms with van der Waals surface area (Å²) >= 11 is 0. The van der Waals surface area contributed by atoms with E-state index < -0.39 is 0 Å². The van der Waals surface area contributed by atoms with Crippen LogP contribution in [0.25, 0.3) is 0 Å². The highest BCUT2D eigenvalue weighted by atomic mass is 15.1. The third kappa shape index (κ3) is 2.63. The van der Waals surface area contributed by atoms with Crippen molar-refractivity contribution in [3.05, 3.63) is 48.4 Å². The van der Waals surface area contributed by atoms with Gasteiger partial charge < -0.3 is 4.90 Å². The van der Waals surface area contributed by atoms with Crippen LogP contribution in [0, 0.1) is 0 Å². The molecule has 0 N–H and O–H groups in total. The van der Waals surface area contributed by atoms with E-state index in [1.54, 1.807) is 0 Å². The molecule has 0 aromatic carbocycles. The molecule has 0 aromatic rings. The molecule has 1 nitrogen and oxygen atoms in total. The van der Waals surface area contributed by atoms with Crippen LogP contribution in [-0.4, -0.2) is 11.4 Å². The molecule has 1 rings (SSSR count). The van der Waals surface area contributed by atoms with Gasteiger partial charge in [-0.15, -0.1) is 0 Å². The van der Waals surface area contributed by atoms with Crippen molar-refractivity contribution >= 4 is 0 Å². The topological polar surface area (TPSA) is 3.24 Å². The number of likely N-dealkylation sites (N-methyl/N-ethyl adjacent to an activating group) is 1. The molecule has 1 aliphatic rings. The molecule has 0 amide bonds. The Morgan fingerprint density at radius 3 is 2.93 bits per heavy atom. The van der Waals surface area contributed by atoms with E-state index >= 15 is 0 Å². The number of allylic oxidation sites excluding steroid dienone is 5. The van der Waals surface area contributed by atoms with Crippen LogP contribution in [0.4, 0.5) is 0 Å². The molecule has 0 unspecified atom stereocenters. The van der Waals surface area contributed by atoms with Crippen molar-refractivity contribution in [2.24, 2.45) is 0 Å². The van der Waals surface area contributed by atoms with E-state index in [0.717, 1.165) is 19.4 Å². The Kier molecular flexibility index (Phi) is 4.24.